The van der Waals surface area contributed by atoms with E-state index in [-0.39, 0.29) is 13.0 Å². The van der Waals surface area contributed by atoms with Crippen LogP contribution in [0.2, 0.25) is 0 Å². The smallest absolute Gasteiger partial charge is 0.303 e. The van der Waals surface area contributed by atoms with Gasteiger partial charge in [-0.25, -0.2) is 0 Å². The summed E-state index contributed by atoms with van der Waals surface area (Å²) < 4.78 is 17.1. The summed E-state index contributed by atoms with van der Waals surface area (Å²) in [6.07, 6.45) is 0.455. The number of carboxylic acids is 1. The van der Waals surface area contributed by atoms with Crippen molar-refractivity contribution in [1.82, 2.24) is 0 Å². The van der Waals surface area contributed by atoms with Crippen molar-refractivity contribution in [3.8, 4) is 17.2 Å². The molecule has 0 unspecified atom stereocenters. The van der Waals surface area contributed by atoms with E-state index >= 15 is 0 Å². The van der Waals surface area contributed by atoms with Crippen LogP contribution in [-0.2, 0) is 22.7 Å². The number of aliphatic carboxylic acids is 1. The van der Waals surface area contributed by atoms with E-state index in [9.17, 15) is 4.79 Å². The largest absolute Gasteiger partial charge is 0.496 e. The molecule has 3 rings (SSSR count). The molecule has 0 aliphatic rings. The first-order valence-corrected chi connectivity index (χ1v) is 10.5. The summed E-state index contributed by atoms with van der Waals surface area (Å²) in [5.41, 5.74) is 3.45. The zero-order chi connectivity index (χ0) is 23.5. The first-order chi connectivity index (χ1) is 16.1. The van der Waals surface area contributed by atoms with Crippen molar-refractivity contribution in [3.63, 3.8) is 0 Å². The van der Waals surface area contributed by atoms with Gasteiger partial charge < -0.3 is 24.2 Å². The average molecular weight is 450 g/mol. The van der Waals surface area contributed by atoms with E-state index in [1.807, 2.05) is 66.7 Å². The maximum atomic E-state index is 10.8. The fourth-order valence-corrected chi connectivity index (χ4v) is 3.17. The lowest BCUT2D eigenvalue weighted by molar-refractivity contribution is -0.136. The predicted molar refractivity (Wildman–Crippen MR) is 125 cm³/mol. The highest BCUT2D eigenvalue weighted by Gasteiger charge is 2.09. The lowest BCUT2D eigenvalue weighted by Crippen LogP contribution is -2.13. The lowest BCUT2D eigenvalue weighted by Gasteiger charge is -2.12. The van der Waals surface area contributed by atoms with Crippen LogP contribution in [0.4, 0.5) is 0 Å². The van der Waals surface area contributed by atoms with Crippen LogP contribution in [-0.4, -0.2) is 37.6 Å². The highest BCUT2D eigenvalue weighted by molar-refractivity contribution is 6.01. The molecule has 0 fully saturated rings. The first kappa shape index (κ1) is 23.7. The molecule has 7 heteroatoms. The van der Waals surface area contributed by atoms with Crippen molar-refractivity contribution >= 4 is 11.7 Å². The second kappa shape index (κ2) is 12.1. The summed E-state index contributed by atoms with van der Waals surface area (Å²) in [6.45, 7) is 0.653. The second-order valence-electron chi connectivity index (χ2n) is 7.18. The number of hydrogen-bond acceptors (Lipinski definition) is 6. The van der Waals surface area contributed by atoms with Gasteiger partial charge in [-0.15, -0.1) is 0 Å². The number of hydrogen-bond donors (Lipinski definition) is 1. The molecule has 0 spiro atoms. The summed E-state index contributed by atoms with van der Waals surface area (Å²) in [5, 5.41) is 12.9. The summed E-state index contributed by atoms with van der Waals surface area (Å²) in [4.78, 5) is 15.7. The Balaban J connectivity index is 1.55. The van der Waals surface area contributed by atoms with Gasteiger partial charge in [0.15, 0.2) is 0 Å². The number of rotatable bonds is 12. The topological polar surface area (TPSA) is 86.6 Å². The molecule has 0 amide bonds. The van der Waals surface area contributed by atoms with E-state index < -0.39 is 5.97 Å². The van der Waals surface area contributed by atoms with Crippen molar-refractivity contribution in [3.05, 3.63) is 89.5 Å². The van der Waals surface area contributed by atoms with Gasteiger partial charge in [-0.1, -0.05) is 53.7 Å². The molecule has 172 valence electrons. The minimum atomic E-state index is -0.841. The van der Waals surface area contributed by atoms with Gasteiger partial charge in [0, 0.05) is 18.1 Å². The van der Waals surface area contributed by atoms with Gasteiger partial charge in [0.1, 0.15) is 43.3 Å². The van der Waals surface area contributed by atoms with Crippen molar-refractivity contribution in [1.29, 1.82) is 0 Å². The molecular weight excluding hydrogens is 422 g/mol. The Kier molecular flexibility index (Phi) is 8.71. The van der Waals surface area contributed by atoms with Crippen LogP contribution in [0.5, 0.6) is 17.2 Å². The third-order valence-electron chi connectivity index (χ3n) is 4.88. The Morgan fingerprint density at radius 3 is 2.30 bits per heavy atom. The number of carbonyl (C=O) groups is 1. The molecular formula is C26H27NO6. The van der Waals surface area contributed by atoms with Crippen molar-refractivity contribution in [2.75, 3.05) is 20.8 Å². The van der Waals surface area contributed by atoms with Gasteiger partial charge in [0.05, 0.1) is 7.11 Å². The van der Waals surface area contributed by atoms with Crippen LogP contribution in [0.3, 0.4) is 0 Å². The van der Waals surface area contributed by atoms with Crippen LogP contribution in [0.1, 0.15) is 23.1 Å². The Morgan fingerprint density at radius 2 is 1.64 bits per heavy atom. The maximum absolute atomic E-state index is 10.8. The number of methoxy groups -OCH3 is 1. The zero-order valence-corrected chi connectivity index (χ0v) is 18.7. The van der Waals surface area contributed by atoms with Crippen molar-refractivity contribution in [2.45, 2.75) is 19.4 Å². The number of benzene rings is 3. The number of ether oxygens (including phenoxy) is 3. The molecule has 1 N–H and O–H groups in total. The van der Waals surface area contributed by atoms with Gasteiger partial charge in [0.25, 0.3) is 0 Å². The van der Waals surface area contributed by atoms with E-state index in [1.54, 1.807) is 13.2 Å². The third-order valence-corrected chi connectivity index (χ3v) is 4.88. The van der Waals surface area contributed by atoms with E-state index in [2.05, 4.69) is 5.16 Å². The van der Waals surface area contributed by atoms with Gasteiger partial charge in [-0.05, 0) is 35.7 Å². The highest BCUT2D eigenvalue weighted by Crippen LogP contribution is 2.26. The molecule has 0 aliphatic carbocycles. The van der Waals surface area contributed by atoms with Crippen LogP contribution < -0.4 is 14.2 Å². The lowest BCUT2D eigenvalue weighted by atomic mass is 10.1. The molecule has 0 saturated heterocycles. The molecule has 3 aromatic rings. The van der Waals surface area contributed by atoms with Crippen LogP contribution >= 0.6 is 0 Å². The number of aryl methyl sites for hydroxylation is 1. The average Bonchev–Trinajstić information content (AvgIpc) is 2.85. The maximum Gasteiger partial charge on any atom is 0.303 e. The van der Waals surface area contributed by atoms with Gasteiger partial charge >= 0.3 is 5.97 Å². The summed E-state index contributed by atoms with van der Waals surface area (Å²) in [6, 6.07) is 22.8. The molecule has 0 saturated carbocycles. The van der Waals surface area contributed by atoms with E-state index in [4.69, 9.17) is 24.2 Å². The van der Waals surface area contributed by atoms with E-state index in [0.717, 1.165) is 16.7 Å². The van der Waals surface area contributed by atoms with Crippen molar-refractivity contribution < 1.29 is 28.9 Å². The number of oxime groups is 1. The molecule has 0 heterocycles. The highest BCUT2D eigenvalue weighted by atomic mass is 16.6. The van der Waals surface area contributed by atoms with Gasteiger partial charge in [-0.2, -0.15) is 0 Å². The summed E-state index contributed by atoms with van der Waals surface area (Å²) >= 11 is 0. The molecule has 0 radical (unpaired) electrons. The van der Waals surface area contributed by atoms with Crippen molar-refractivity contribution in [2.24, 2.45) is 5.16 Å². The molecule has 7 nitrogen and oxygen atoms in total. The van der Waals surface area contributed by atoms with Gasteiger partial charge in [0.2, 0.25) is 0 Å². The molecule has 0 aromatic heterocycles. The van der Waals surface area contributed by atoms with E-state index in [1.165, 1.54) is 7.11 Å². The number of carboxylic acid groups (broad SMARTS) is 1. The zero-order valence-electron chi connectivity index (χ0n) is 18.7. The second-order valence-corrected chi connectivity index (χ2v) is 7.18. The minimum Gasteiger partial charge on any atom is -0.496 e. The molecule has 0 atom stereocenters. The standard InChI is InChI=1S/C26H27NO6/c1-30-25-16-23(14-10-21(25)11-15-26(28)29)32-17-19-8-12-22(13-9-19)33-18-24(27-31-2)20-6-4-3-5-7-20/h3-10,12-14,16H,11,15,17-18H2,1-2H3,(H,28,29). The third kappa shape index (κ3) is 7.28. The Labute approximate surface area is 193 Å². The minimum absolute atomic E-state index is 0.0507. The monoisotopic (exact) mass is 449 g/mol. The molecule has 33 heavy (non-hydrogen) atoms. The summed E-state index contributed by atoms with van der Waals surface area (Å²) in [7, 11) is 3.07. The van der Waals surface area contributed by atoms with E-state index in [0.29, 0.717) is 36.0 Å². The molecule has 3 aromatic carbocycles. The predicted octanol–water partition coefficient (Wildman–Crippen LogP) is 4.72. The van der Waals surface area contributed by atoms with Crippen LogP contribution in [0, 0.1) is 0 Å². The fraction of sp³-hybridized carbons (Fsp3) is 0.231. The first-order valence-electron chi connectivity index (χ1n) is 10.5. The molecule has 0 bridgehead atoms. The Bertz CT molecular complexity index is 1060. The fourth-order valence-electron chi connectivity index (χ4n) is 3.17. The van der Waals surface area contributed by atoms with Gasteiger partial charge in [-0.3, -0.25) is 4.79 Å². The Morgan fingerprint density at radius 1 is 0.909 bits per heavy atom. The Hall–Kier alpha value is -4.00. The SMILES string of the molecule is CON=C(COc1ccc(COc2ccc(CCC(=O)O)c(OC)c2)cc1)c1ccccc1. The quantitative estimate of drug-likeness (QED) is 0.318. The van der Waals surface area contributed by atoms with Crippen LogP contribution in [0.15, 0.2) is 78.0 Å². The number of nitrogens with zero attached hydrogens (tertiary/aromatic N) is 1. The normalized spacial score (nSPS) is 11.0. The molecule has 0 aliphatic heterocycles. The van der Waals surface area contributed by atoms with Crippen LogP contribution in [0.25, 0.3) is 0 Å². The summed E-state index contributed by atoms with van der Waals surface area (Å²) in [5.74, 6) is 1.13.